The highest BCUT2D eigenvalue weighted by molar-refractivity contribution is 6.59. The maximum atomic E-state index is 11.2. The first-order valence-corrected chi connectivity index (χ1v) is 4.99. The first kappa shape index (κ1) is 14.4. The largest absolute Gasteiger partial charge is 0.287 e. The fourth-order valence-corrected chi connectivity index (χ4v) is 1.22. The molecule has 0 heterocycles. The second-order valence-electron chi connectivity index (χ2n) is 2.26. The molecule has 16 heavy (non-hydrogen) atoms. The molecule has 1 rings (SSSR count). The molecule has 0 saturated carbocycles. The maximum Gasteiger partial charge on any atom is 0.218 e. The Morgan fingerprint density at radius 3 is 1.31 bits per heavy atom. The summed E-state index contributed by atoms with van der Waals surface area (Å²) in [7, 11) is 0. The van der Waals surface area contributed by atoms with Gasteiger partial charge in [-0.1, -0.05) is 37.0 Å². The maximum absolute atomic E-state index is 11.2. The molecule has 0 amide bonds. The van der Waals surface area contributed by atoms with Crippen molar-refractivity contribution >= 4 is 34.8 Å². The molecule has 0 aromatic heterocycles. The SMILES string of the molecule is CC.N#CC1=C(C#N)C(=O)C(Cl)=C(Cl)C1=O. The molecule has 0 N–H and O–H groups in total. The lowest BCUT2D eigenvalue weighted by Gasteiger charge is -2.08. The molecule has 6 heteroatoms. The number of rotatable bonds is 0. The highest BCUT2D eigenvalue weighted by atomic mass is 35.5. The van der Waals surface area contributed by atoms with Gasteiger partial charge in [0.1, 0.15) is 33.3 Å². The minimum Gasteiger partial charge on any atom is -0.287 e. The van der Waals surface area contributed by atoms with E-state index in [-0.39, 0.29) is 0 Å². The van der Waals surface area contributed by atoms with Gasteiger partial charge in [-0.2, -0.15) is 10.5 Å². The zero-order valence-corrected chi connectivity index (χ0v) is 9.98. The van der Waals surface area contributed by atoms with Crippen LogP contribution in [0.2, 0.25) is 0 Å². The molecule has 0 fully saturated rings. The molecule has 1 aliphatic carbocycles. The van der Waals surface area contributed by atoms with Crippen LogP contribution >= 0.6 is 23.2 Å². The summed E-state index contributed by atoms with van der Waals surface area (Å²) in [6.45, 7) is 4.00. The highest BCUT2D eigenvalue weighted by Gasteiger charge is 2.33. The highest BCUT2D eigenvalue weighted by Crippen LogP contribution is 2.28. The van der Waals surface area contributed by atoms with E-state index in [0.717, 1.165) is 0 Å². The summed E-state index contributed by atoms with van der Waals surface area (Å²) in [4.78, 5) is 22.4. The number of allylic oxidation sites excluding steroid dienone is 4. The number of carbonyl (C=O) groups excluding carboxylic acids is 2. The number of Topliss-reactive ketones (excluding diaryl/α,β-unsaturated/α-hetero) is 2. The van der Waals surface area contributed by atoms with Gasteiger partial charge >= 0.3 is 0 Å². The van der Waals surface area contributed by atoms with E-state index in [9.17, 15) is 9.59 Å². The fourth-order valence-electron chi connectivity index (χ4n) is 0.859. The summed E-state index contributed by atoms with van der Waals surface area (Å²) in [6, 6.07) is 2.89. The van der Waals surface area contributed by atoms with Crippen LogP contribution in [0, 0.1) is 22.7 Å². The van der Waals surface area contributed by atoms with Crippen LogP contribution in [0.4, 0.5) is 0 Å². The van der Waals surface area contributed by atoms with Crippen molar-refractivity contribution in [2.75, 3.05) is 0 Å². The molecular formula is C10H6Cl2N2O2. The molecule has 0 aromatic rings. The quantitative estimate of drug-likeness (QED) is 0.623. The Balaban J connectivity index is 0.00000106. The van der Waals surface area contributed by atoms with Crippen molar-refractivity contribution in [3.05, 3.63) is 21.2 Å². The first-order valence-electron chi connectivity index (χ1n) is 4.23. The van der Waals surface area contributed by atoms with Crippen LogP contribution in [0.1, 0.15) is 13.8 Å². The van der Waals surface area contributed by atoms with Crippen LogP contribution < -0.4 is 0 Å². The molecule has 0 aliphatic heterocycles. The molecule has 0 aromatic carbocycles. The molecule has 1 aliphatic rings. The Bertz CT molecular complexity index is 446. The zero-order chi connectivity index (χ0) is 12.9. The van der Waals surface area contributed by atoms with Crippen LogP contribution in [0.3, 0.4) is 0 Å². The van der Waals surface area contributed by atoms with E-state index >= 15 is 0 Å². The van der Waals surface area contributed by atoms with E-state index in [4.69, 9.17) is 33.7 Å². The van der Waals surface area contributed by atoms with E-state index in [2.05, 4.69) is 0 Å². The molecule has 0 spiro atoms. The zero-order valence-electron chi connectivity index (χ0n) is 8.47. The third kappa shape index (κ3) is 2.30. The Morgan fingerprint density at radius 2 is 1.12 bits per heavy atom. The summed E-state index contributed by atoms with van der Waals surface area (Å²) < 4.78 is 0. The van der Waals surface area contributed by atoms with Gasteiger partial charge in [0.15, 0.2) is 0 Å². The van der Waals surface area contributed by atoms with Crippen molar-refractivity contribution in [2.24, 2.45) is 0 Å². The molecule has 0 saturated heterocycles. The predicted octanol–water partition coefficient (Wildman–Crippen LogP) is 2.20. The molecule has 82 valence electrons. The van der Waals surface area contributed by atoms with Crippen LogP contribution in [-0.4, -0.2) is 11.6 Å². The van der Waals surface area contributed by atoms with Crippen molar-refractivity contribution in [2.45, 2.75) is 13.8 Å². The van der Waals surface area contributed by atoms with Crippen LogP contribution in [0.5, 0.6) is 0 Å². The number of nitrogens with zero attached hydrogens (tertiary/aromatic N) is 2. The van der Waals surface area contributed by atoms with Gasteiger partial charge in [0.05, 0.1) is 0 Å². The van der Waals surface area contributed by atoms with E-state index in [0.29, 0.717) is 0 Å². The number of carbonyl (C=O) groups is 2. The molecule has 0 unspecified atom stereocenters. The third-order valence-electron chi connectivity index (χ3n) is 1.52. The molecular weight excluding hydrogens is 251 g/mol. The van der Waals surface area contributed by atoms with Gasteiger partial charge < -0.3 is 0 Å². The number of nitriles is 2. The summed E-state index contributed by atoms with van der Waals surface area (Å²) >= 11 is 10.8. The van der Waals surface area contributed by atoms with Gasteiger partial charge in [0.2, 0.25) is 11.6 Å². The monoisotopic (exact) mass is 256 g/mol. The van der Waals surface area contributed by atoms with Crippen molar-refractivity contribution in [1.82, 2.24) is 0 Å². The van der Waals surface area contributed by atoms with Gasteiger partial charge in [0, 0.05) is 0 Å². The topological polar surface area (TPSA) is 81.7 Å². The fraction of sp³-hybridized carbons (Fsp3) is 0.200. The minimum absolute atomic E-state index is 0.521. The van der Waals surface area contributed by atoms with Gasteiger partial charge in [-0.05, 0) is 0 Å². The third-order valence-corrected chi connectivity index (χ3v) is 2.34. The van der Waals surface area contributed by atoms with E-state index in [1.54, 1.807) is 0 Å². The van der Waals surface area contributed by atoms with Crippen molar-refractivity contribution < 1.29 is 9.59 Å². The standard InChI is InChI=1S/C8Cl2N2O2.C2H6/c9-5-6(10)8(14)4(2-12)3(1-11)7(5)13;1-2/h;1-2H3. The van der Waals surface area contributed by atoms with Crippen molar-refractivity contribution in [3.63, 3.8) is 0 Å². The minimum atomic E-state index is -0.893. The summed E-state index contributed by atoms with van der Waals surface area (Å²) in [5.41, 5.74) is -1.13. The van der Waals surface area contributed by atoms with E-state index < -0.39 is 32.8 Å². The smallest absolute Gasteiger partial charge is 0.218 e. The second kappa shape index (κ2) is 6.07. The first-order chi connectivity index (χ1) is 7.54. The number of ketones is 2. The lowest BCUT2D eigenvalue weighted by atomic mass is 9.96. The Kier molecular flexibility index (Phi) is 5.46. The number of hydrogen-bond acceptors (Lipinski definition) is 4. The van der Waals surface area contributed by atoms with Crippen LogP contribution in [0.25, 0.3) is 0 Å². The van der Waals surface area contributed by atoms with Crippen molar-refractivity contribution in [1.29, 1.82) is 10.5 Å². The average molecular weight is 257 g/mol. The number of halogens is 2. The van der Waals surface area contributed by atoms with Crippen molar-refractivity contribution in [3.8, 4) is 12.1 Å². The Morgan fingerprint density at radius 1 is 0.875 bits per heavy atom. The molecule has 0 atom stereocenters. The van der Waals surface area contributed by atoms with Gasteiger partial charge in [0.25, 0.3) is 0 Å². The van der Waals surface area contributed by atoms with Crippen LogP contribution in [0.15, 0.2) is 21.2 Å². The van der Waals surface area contributed by atoms with Crippen LogP contribution in [-0.2, 0) is 9.59 Å². The molecule has 4 nitrogen and oxygen atoms in total. The van der Waals surface area contributed by atoms with E-state index in [1.807, 2.05) is 13.8 Å². The Hall–Kier alpha value is -1.62. The number of hydrogen-bond donors (Lipinski definition) is 0. The average Bonchev–Trinajstić information content (AvgIpc) is 2.33. The molecule has 0 radical (unpaired) electrons. The normalized spacial score (nSPS) is 15.1. The predicted molar refractivity (Wildman–Crippen MR) is 58.3 cm³/mol. The summed E-state index contributed by atoms with van der Waals surface area (Å²) in [6.07, 6.45) is 0. The summed E-state index contributed by atoms with van der Waals surface area (Å²) in [5, 5.41) is 16.0. The van der Waals surface area contributed by atoms with Gasteiger partial charge in [-0.3, -0.25) is 9.59 Å². The lowest BCUT2D eigenvalue weighted by Crippen LogP contribution is -2.18. The summed E-state index contributed by atoms with van der Waals surface area (Å²) in [5.74, 6) is -1.79. The second-order valence-corrected chi connectivity index (χ2v) is 3.02. The molecule has 0 bridgehead atoms. The lowest BCUT2D eigenvalue weighted by molar-refractivity contribution is -0.115. The van der Waals surface area contributed by atoms with Gasteiger partial charge in [-0.15, -0.1) is 0 Å². The van der Waals surface area contributed by atoms with Gasteiger partial charge in [-0.25, -0.2) is 0 Å². The Labute approximate surface area is 102 Å². The van der Waals surface area contributed by atoms with E-state index in [1.165, 1.54) is 12.1 Å².